The average Bonchev–Trinajstić information content (AvgIpc) is 0.834. The van der Waals surface area contributed by atoms with Crippen LogP contribution in [0.3, 0.4) is 0 Å². The van der Waals surface area contributed by atoms with Gasteiger partial charge in [0.25, 0.3) is 11.8 Å². The third kappa shape index (κ3) is 10.5. The molecule has 89 heavy (non-hydrogen) atoms. The first-order valence-electron chi connectivity index (χ1n) is 29.7. The normalized spacial score (nSPS) is 13.1. The van der Waals surface area contributed by atoms with E-state index in [1.807, 2.05) is 54.6 Å². The van der Waals surface area contributed by atoms with Gasteiger partial charge in [-0.25, -0.2) is 0 Å². The second-order valence-corrected chi connectivity index (χ2v) is 22.2. The maximum atomic E-state index is 13.8. The number of hydrogen-bond donors (Lipinski definition) is 4. The highest BCUT2D eigenvalue weighted by Gasteiger charge is 2.41. The number of rotatable bonds is 24. The lowest BCUT2D eigenvalue weighted by molar-refractivity contribution is 0.0109. The zero-order valence-corrected chi connectivity index (χ0v) is 49.9. The van der Waals surface area contributed by atoms with Crippen molar-refractivity contribution >= 4 is 87.2 Å². The summed E-state index contributed by atoms with van der Waals surface area (Å²) in [5.41, 5.74) is 0.346. The van der Waals surface area contributed by atoms with Crippen molar-refractivity contribution in [1.82, 2.24) is 10.6 Å². The molecule has 0 saturated heterocycles. The minimum Gasteiger partial charge on any atom is -0.497 e. The van der Waals surface area contributed by atoms with Gasteiger partial charge in [0.2, 0.25) is 0 Å². The summed E-state index contributed by atoms with van der Waals surface area (Å²) in [6, 6.07) is 66.5. The number of benzene rings is 13. The maximum absolute atomic E-state index is 13.8. The Kier molecular flexibility index (Phi) is 16.2. The fourth-order valence-corrected chi connectivity index (χ4v) is 13.1. The molecule has 0 bridgehead atoms. The molecular formula is C76H66N2O11. The van der Waals surface area contributed by atoms with Gasteiger partial charge >= 0.3 is 0 Å². The summed E-state index contributed by atoms with van der Waals surface area (Å²) in [7, 11) is 6.29. The van der Waals surface area contributed by atoms with Crippen molar-refractivity contribution in [3.05, 3.63) is 251 Å². The molecule has 2 amide bonds. The van der Waals surface area contributed by atoms with Gasteiger partial charge < -0.3 is 54.0 Å². The third-order valence-corrected chi connectivity index (χ3v) is 17.3. The third-order valence-electron chi connectivity index (χ3n) is 17.3. The Balaban J connectivity index is 0.612. The number of carbonyl (C=O) groups excluding carboxylic acids is 2. The molecule has 13 aromatic carbocycles. The van der Waals surface area contributed by atoms with Crippen LogP contribution < -0.4 is 29.6 Å². The molecule has 0 aliphatic heterocycles. The van der Waals surface area contributed by atoms with Crippen LogP contribution in [-0.2, 0) is 25.4 Å². The monoisotopic (exact) mass is 1180 g/mol. The summed E-state index contributed by atoms with van der Waals surface area (Å²) in [5, 5.41) is 47.9. The van der Waals surface area contributed by atoms with Crippen LogP contribution in [-0.4, -0.2) is 96.8 Å². The van der Waals surface area contributed by atoms with Crippen LogP contribution in [0.1, 0.15) is 60.5 Å². The van der Waals surface area contributed by atoms with Crippen LogP contribution in [0.2, 0.25) is 0 Å². The van der Waals surface area contributed by atoms with Gasteiger partial charge in [0, 0.05) is 58.7 Å². The van der Waals surface area contributed by atoms with E-state index < -0.39 is 11.2 Å². The number of aliphatic hydroxyl groups is 2. The van der Waals surface area contributed by atoms with Crippen LogP contribution in [0.15, 0.2) is 206 Å². The zero-order chi connectivity index (χ0) is 61.2. The van der Waals surface area contributed by atoms with Gasteiger partial charge in [-0.15, -0.1) is 0 Å². The van der Waals surface area contributed by atoms with Crippen molar-refractivity contribution in [1.29, 1.82) is 0 Å². The summed E-state index contributed by atoms with van der Waals surface area (Å²) in [5.74, 6) is 1.31. The Hall–Kier alpha value is -9.86. The predicted molar refractivity (Wildman–Crippen MR) is 351 cm³/mol. The van der Waals surface area contributed by atoms with Gasteiger partial charge in [-0.05, 0) is 141 Å². The first-order chi connectivity index (χ1) is 43.6. The molecule has 0 aliphatic carbocycles. The molecule has 13 nitrogen and oxygen atoms in total. The lowest BCUT2D eigenvalue weighted by atomic mass is 9.76. The van der Waals surface area contributed by atoms with Gasteiger partial charge in [0.1, 0.15) is 40.9 Å². The molecule has 13 aromatic rings. The first-order valence-corrected chi connectivity index (χ1v) is 29.7. The van der Waals surface area contributed by atoms with Crippen molar-refractivity contribution in [3.63, 3.8) is 0 Å². The van der Waals surface area contributed by atoms with Crippen LogP contribution in [0.5, 0.6) is 23.0 Å². The fourth-order valence-electron chi connectivity index (χ4n) is 13.1. The van der Waals surface area contributed by atoms with Gasteiger partial charge in [0.05, 0.1) is 54.9 Å². The van der Waals surface area contributed by atoms with Crippen molar-refractivity contribution in [2.75, 3.05) is 74.7 Å². The van der Waals surface area contributed by atoms with Crippen LogP contribution in [0.25, 0.3) is 75.4 Å². The number of nitrogens with one attached hydrogen (secondary N) is 2. The molecule has 0 aromatic heterocycles. The minimum atomic E-state index is -1.81. The summed E-state index contributed by atoms with van der Waals surface area (Å²) < 4.78 is 40.3. The molecule has 13 heteroatoms. The number of methoxy groups -OCH3 is 4. The smallest absolute Gasteiger partial charge is 0.253 e. The number of carbonyl (C=O) groups is 2. The van der Waals surface area contributed by atoms with Gasteiger partial charge in [-0.1, -0.05) is 146 Å². The van der Waals surface area contributed by atoms with Crippen LogP contribution >= 0.6 is 0 Å². The van der Waals surface area contributed by atoms with Gasteiger partial charge in [0.15, 0.2) is 0 Å². The van der Waals surface area contributed by atoms with E-state index in [-0.39, 0.29) is 31.8 Å². The largest absolute Gasteiger partial charge is 0.497 e. The van der Waals surface area contributed by atoms with Gasteiger partial charge in [-0.3, -0.25) is 9.59 Å². The molecular weight excluding hydrogens is 1120 g/mol. The quantitative estimate of drug-likeness (QED) is 0.0150. The molecule has 2 unspecified atom stereocenters. The van der Waals surface area contributed by atoms with E-state index in [0.717, 1.165) is 70.0 Å². The molecule has 4 N–H and O–H groups in total. The fraction of sp³-hybridized carbons (Fsp3) is 0.184. The number of ether oxygens (including phenoxy) is 7. The number of fused-ring (bicyclic) bond motifs is 2. The Labute approximate surface area is 514 Å². The molecule has 13 rings (SSSR count). The van der Waals surface area contributed by atoms with Crippen molar-refractivity contribution in [3.8, 4) is 23.0 Å². The Morgan fingerprint density at radius 1 is 0.371 bits per heavy atom. The van der Waals surface area contributed by atoms with Crippen molar-refractivity contribution < 1.29 is 53.0 Å². The topological polar surface area (TPSA) is 163 Å². The molecule has 0 saturated carbocycles. The predicted octanol–water partition coefficient (Wildman–Crippen LogP) is 13.8. The summed E-state index contributed by atoms with van der Waals surface area (Å²) in [4.78, 5) is 27.6. The van der Waals surface area contributed by atoms with E-state index in [9.17, 15) is 19.8 Å². The number of amides is 2. The van der Waals surface area contributed by atoms with E-state index in [1.54, 1.807) is 89.1 Å². The van der Waals surface area contributed by atoms with E-state index in [4.69, 9.17) is 33.2 Å². The molecule has 0 radical (unpaired) electrons. The molecule has 0 aliphatic rings. The molecule has 446 valence electrons. The van der Waals surface area contributed by atoms with E-state index >= 15 is 0 Å². The first kappa shape index (κ1) is 58.2. The Morgan fingerprint density at radius 3 is 1.37 bits per heavy atom. The number of hydrogen-bond acceptors (Lipinski definition) is 11. The Bertz CT molecular complexity index is 4710. The van der Waals surface area contributed by atoms with E-state index in [0.29, 0.717) is 100 Å². The highest BCUT2D eigenvalue weighted by Crippen LogP contribution is 2.50. The minimum absolute atomic E-state index is 0.0712. The lowest BCUT2D eigenvalue weighted by Gasteiger charge is -2.33. The highest BCUT2D eigenvalue weighted by atomic mass is 16.5. The molecule has 0 heterocycles. The van der Waals surface area contributed by atoms with Crippen molar-refractivity contribution in [2.24, 2.45) is 0 Å². The SMILES string of the molecule is COc1ccc(C(O)(c2cccc(C(=O)NCOCCOCCOCCCNC(=O)c3cccc(C(O)(c4ccc(OC)cc4OC)c4ccc5ccc6cccc7ccc4c5c67)c3)c2)c2ccc3c4cccc5cccc(c6cccc2c63)c54)c(OC)c1. The standard InChI is InChI=1S/C76H66N2O11/c1-83-55-28-33-65(67(44-55)85-3)75(81,63-32-27-50-25-24-48-12-5-13-49-26-30-62(63)71(50)69(48)49)53-18-6-16-51(42-53)73(79)77-36-11-37-87-38-39-88-40-41-89-46-78-74(80)52-17-7-19-54(43-52)76(82,66-34-29-56(84-2)45-68(66)86-4)64-35-31-60-58-21-9-15-47-14-8-20-57(70(47)58)59-22-10-23-61(64)72(59)60/h5-10,12-35,42-45,81-82H,11,36-41,46H2,1-4H3,(H,77,79)(H,78,80). The maximum Gasteiger partial charge on any atom is 0.253 e. The average molecular weight is 1180 g/mol. The van der Waals surface area contributed by atoms with Gasteiger partial charge in [-0.2, -0.15) is 0 Å². The highest BCUT2D eigenvalue weighted by molar-refractivity contribution is 6.33. The molecule has 0 spiro atoms. The van der Waals surface area contributed by atoms with Crippen LogP contribution in [0.4, 0.5) is 0 Å². The second-order valence-electron chi connectivity index (χ2n) is 22.2. The van der Waals surface area contributed by atoms with Crippen molar-refractivity contribution in [2.45, 2.75) is 17.6 Å². The van der Waals surface area contributed by atoms with E-state index in [2.05, 4.69) is 102 Å². The molecule has 0 fully saturated rings. The summed E-state index contributed by atoms with van der Waals surface area (Å²) in [6.45, 7) is 1.82. The summed E-state index contributed by atoms with van der Waals surface area (Å²) >= 11 is 0. The second kappa shape index (κ2) is 24.7. The van der Waals surface area contributed by atoms with Crippen LogP contribution in [0, 0.1) is 0 Å². The summed E-state index contributed by atoms with van der Waals surface area (Å²) in [6.07, 6.45) is 0.555. The van der Waals surface area contributed by atoms with E-state index in [1.165, 1.54) is 5.39 Å². The lowest BCUT2D eigenvalue weighted by Crippen LogP contribution is -2.31. The molecule has 2 atom stereocenters. The zero-order valence-electron chi connectivity index (χ0n) is 49.9. The Morgan fingerprint density at radius 2 is 0.787 bits per heavy atom.